The summed E-state index contributed by atoms with van der Waals surface area (Å²) in [6.07, 6.45) is 1.93. The van der Waals surface area contributed by atoms with Crippen molar-refractivity contribution >= 4 is 55.2 Å². The van der Waals surface area contributed by atoms with Gasteiger partial charge < -0.3 is 14.5 Å². The van der Waals surface area contributed by atoms with Crippen LogP contribution < -0.4 is 5.32 Å². The molecule has 56 heavy (non-hydrogen) atoms. The highest BCUT2D eigenvalue weighted by Gasteiger charge is 2.22. The first-order valence-corrected chi connectivity index (χ1v) is 19.6. The highest BCUT2D eigenvalue weighted by Crippen LogP contribution is 2.36. The number of nitrogens with one attached hydrogen (secondary N) is 1. The molecule has 1 saturated heterocycles. The Bertz CT molecular complexity index is 2800. The third kappa shape index (κ3) is 5.58. The number of nitrogens with zero attached hydrogens (tertiary/aromatic N) is 2. The zero-order chi connectivity index (χ0) is 37.9. The molecule has 1 N–H and O–H groups in total. The number of aryl methyl sites for hydroxylation is 2. The van der Waals surface area contributed by atoms with Gasteiger partial charge in [-0.2, -0.15) is 0 Å². The predicted octanol–water partition coefficient (Wildman–Crippen LogP) is 11.4. The predicted molar refractivity (Wildman–Crippen MR) is 229 cm³/mol. The minimum absolute atomic E-state index is 0.0862. The highest BCUT2D eigenvalue weighted by molar-refractivity contribution is 6.14. The summed E-state index contributed by atoms with van der Waals surface area (Å²) in [7, 11) is 0. The molecule has 0 saturated carbocycles. The van der Waals surface area contributed by atoms with Crippen molar-refractivity contribution < 1.29 is 9.59 Å². The van der Waals surface area contributed by atoms with Crippen LogP contribution in [0.1, 0.15) is 67.3 Å². The van der Waals surface area contributed by atoms with Crippen LogP contribution in [-0.2, 0) is 0 Å². The van der Waals surface area contributed by atoms with Gasteiger partial charge in [-0.15, -0.1) is 0 Å². The van der Waals surface area contributed by atoms with Gasteiger partial charge in [-0.05, 0) is 141 Å². The van der Waals surface area contributed by atoms with Crippen LogP contribution in [0.15, 0.2) is 152 Å². The van der Waals surface area contributed by atoms with Crippen molar-refractivity contribution in [2.75, 3.05) is 13.1 Å². The third-order valence-corrected chi connectivity index (χ3v) is 11.9. The van der Waals surface area contributed by atoms with Gasteiger partial charge in [-0.1, -0.05) is 72.8 Å². The summed E-state index contributed by atoms with van der Waals surface area (Å²) < 4.78 is 4.58. The molecule has 1 fully saturated rings. The first-order chi connectivity index (χ1) is 27.4. The lowest BCUT2D eigenvalue weighted by Crippen LogP contribution is -2.26. The molecule has 3 heterocycles. The van der Waals surface area contributed by atoms with Crippen LogP contribution in [0.3, 0.4) is 0 Å². The maximum atomic E-state index is 14.4. The number of carbonyl (C=O) groups excluding carboxylic acids is 2. The maximum Gasteiger partial charge on any atom is 0.193 e. The number of para-hydroxylation sites is 4. The first kappa shape index (κ1) is 34.0. The summed E-state index contributed by atoms with van der Waals surface area (Å²) in [4.78, 5) is 28.7. The number of ketones is 2. The van der Waals surface area contributed by atoms with E-state index < -0.39 is 0 Å². The molecule has 0 amide bonds. The standard InChI is InChI=1S/C51H41N3O2/c1-32-9-7-13-44-42-11-3-5-15-46(42)53(48(32)44)40-21-17-35(18-22-40)50(55)38-29-37(34-25-27-52-28-26-34)30-39(31-38)51(56)36-19-23-41(24-20-36)54-47-16-6-4-12-43(47)45-14-8-10-33(2)49(45)54/h3-24,29-31,34,52H,25-28H2,1-2H3. The molecule has 0 atom stereocenters. The molecular formula is C51H41N3O2. The van der Waals surface area contributed by atoms with Crippen molar-refractivity contribution in [2.24, 2.45) is 0 Å². The molecule has 9 aromatic rings. The lowest BCUT2D eigenvalue weighted by atomic mass is 9.86. The molecule has 0 bridgehead atoms. The van der Waals surface area contributed by atoms with E-state index in [1.54, 1.807) is 6.07 Å². The van der Waals surface area contributed by atoms with Gasteiger partial charge in [-0.25, -0.2) is 0 Å². The number of benzene rings is 7. The minimum Gasteiger partial charge on any atom is -0.317 e. The van der Waals surface area contributed by atoms with E-state index in [-0.39, 0.29) is 17.5 Å². The van der Waals surface area contributed by atoms with Crippen molar-refractivity contribution in [1.82, 2.24) is 14.5 Å². The van der Waals surface area contributed by atoms with Crippen LogP contribution in [0.25, 0.3) is 55.0 Å². The zero-order valence-electron chi connectivity index (χ0n) is 31.6. The maximum absolute atomic E-state index is 14.4. The quantitative estimate of drug-likeness (QED) is 0.166. The molecule has 5 heteroatoms. The molecule has 0 radical (unpaired) electrons. The topological polar surface area (TPSA) is 56.0 Å². The number of hydrogen-bond donors (Lipinski definition) is 1. The summed E-state index contributed by atoms with van der Waals surface area (Å²) in [5, 5.41) is 8.29. The third-order valence-electron chi connectivity index (χ3n) is 11.9. The van der Waals surface area contributed by atoms with Gasteiger partial charge in [0, 0.05) is 55.2 Å². The van der Waals surface area contributed by atoms with Gasteiger partial charge in [-0.3, -0.25) is 9.59 Å². The Kier molecular flexibility index (Phi) is 8.27. The van der Waals surface area contributed by atoms with Crippen molar-refractivity contribution in [3.05, 3.63) is 191 Å². The number of hydrogen-bond acceptors (Lipinski definition) is 3. The Hall–Kier alpha value is -6.56. The molecule has 1 aliphatic rings. The van der Waals surface area contributed by atoms with Crippen LogP contribution in [-0.4, -0.2) is 33.8 Å². The lowest BCUT2D eigenvalue weighted by Gasteiger charge is -2.24. The fourth-order valence-corrected chi connectivity index (χ4v) is 9.08. The minimum atomic E-state index is -0.0862. The van der Waals surface area contributed by atoms with E-state index in [1.165, 1.54) is 43.7 Å². The molecule has 10 rings (SSSR count). The lowest BCUT2D eigenvalue weighted by molar-refractivity contribution is 0.103. The summed E-state index contributed by atoms with van der Waals surface area (Å²) in [6.45, 7) is 6.12. The molecule has 0 spiro atoms. The van der Waals surface area contributed by atoms with Gasteiger partial charge in [0.1, 0.15) is 0 Å². The highest BCUT2D eigenvalue weighted by atomic mass is 16.1. The largest absolute Gasteiger partial charge is 0.317 e. The van der Waals surface area contributed by atoms with Crippen molar-refractivity contribution in [3.8, 4) is 11.4 Å². The number of rotatable bonds is 7. The molecule has 272 valence electrons. The summed E-state index contributed by atoms with van der Waals surface area (Å²) in [5.74, 6) is 0.103. The first-order valence-electron chi connectivity index (χ1n) is 19.6. The normalized spacial score (nSPS) is 13.6. The Morgan fingerprint density at radius 2 is 0.911 bits per heavy atom. The molecule has 1 aliphatic heterocycles. The monoisotopic (exact) mass is 727 g/mol. The van der Waals surface area contributed by atoms with Gasteiger partial charge in [0.25, 0.3) is 0 Å². The average molecular weight is 728 g/mol. The Balaban J connectivity index is 1.01. The number of fused-ring (bicyclic) bond motifs is 6. The molecule has 5 nitrogen and oxygen atoms in total. The van der Waals surface area contributed by atoms with Crippen molar-refractivity contribution in [2.45, 2.75) is 32.6 Å². The SMILES string of the molecule is Cc1cccc2c3ccccc3n(-c3ccc(C(=O)c4cc(C(=O)c5ccc(-n6c7ccccc7c7cccc(C)c76)cc5)cc(C5CCNCC5)c4)cc3)c12. The van der Waals surface area contributed by atoms with E-state index in [2.05, 4.69) is 113 Å². The summed E-state index contributed by atoms with van der Waals surface area (Å²) >= 11 is 0. The van der Waals surface area contributed by atoms with Crippen molar-refractivity contribution in [1.29, 1.82) is 0 Å². The van der Waals surface area contributed by atoms with Gasteiger partial charge >= 0.3 is 0 Å². The zero-order valence-corrected chi connectivity index (χ0v) is 31.6. The summed E-state index contributed by atoms with van der Waals surface area (Å²) in [6, 6.07) is 51.5. The van der Waals surface area contributed by atoms with Gasteiger partial charge in [0.05, 0.1) is 22.1 Å². The van der Waals surface area contributed by atoms with Crippen LogP contribution in [0.4, 0.5) is 0 Å². The molecular weight excluding hydrogens is 687 g/mol. The second kappa shape index (κ2) is 13.6. The fraction of sp³-hybridized carbons (Fsp3) is 0.137. The number of piperidine rings is 1. The Morgan fingerprint density at radius 3 is 1.38 bits per heavy atom. The fourth-order valence-electron chi connectivity index (χ4n) is 9.08. The molecule has 2 aromatic heterocycles. The van der Waals surface area contributed by atoms with E-state index in [9.17, 15) is 9.59 Å². The van der Waals surface area contributed by atoms with Crippen molar-refractivity contribution in [3.63, 3.8) is 0 Å². The van der Waals surface area contributed by atoms with Crippen LogP contribution in [0, 0.1) is 13.8 Å². The van der Waals surface area contributed by atoms with Crippen LogP contribution in [0.2, 0.25) is 0 Å². The second-order valence-electron chi connectivity index (χ2n) is 15.3. The van der Waals surface area contributed by atoms with Crippen LogP contribution >= 0.6 is 0 Å². The van der Waals surface area contributed by atoms with Crippen LogP contribution in [0.5, 0.6) is 0 Å². The number of carbonyl (C=O) groups is 2. The smallest absolute Gasteiger partial charge is 0.193 e. The molecule has 7 aromatic carbocycles. The Labute approximate surface area is 325 Å². The average Bonchev–Trinajstić information content (AvgIpc) is 3.78. The van der Waals surface area contributed by atoms with E-state index >= 15 is 0 Å². The number of aromatic nitrogens is 2. The molecule has 0 aliphatic carbocycles. The van der Waals surface area contributed by atoms with Gasteiger partial charge in [0.2, 0.25) is 0 Å². The molecule has 0 unspecified atom stereocenters. The summed E-state index contributed by atoms with van der Waals surface area (Å²) in [5.41, 5.74) is 12.3. The van der Waals surface area contributed by atoms with E-state index in [0.29, 0.717) is 22.3 Å². The van der Waals surface area contributed by atoms with E-state index in [1.807, 2.05) is 60.7 Å². The van der Waals surface area contributed by atoms with Gasteiger partial charge in [0.15, 0.2) is 11.6 Å². The second-order valence-corrected chi connectivity index (χ2v) is 15.3. The van der Waals surface area contributed by atoms with E-state index in [0.717, 1.165) is 53.9 Å². The Morgan fingerprint density at radius 1 is 0.482 bits per heavy atom. The van der Waals surface area contributed by atoms with E-state index in [4.69, 9.17) is 0 Å².